The van der Waals surface area contributed by atoms with Gasteiger partial charge in [-0.3, -0.25) is 19.5 Å². The van der Waals surface area contributed by atoms with Crippen molar-refractivity contribution in [2.45, 2.75) is 6.54 Å². The summed E-state index contributed by atoms with van der Waals surface area (Å²) in [5.41, 5.74) is 1.15. The van der Waals surface area contributed by atoms with Gasteiger partial charge in [0.15, 0.2) is 0 Å². The lowest BCUT2D eigenvalue weighted by Crippen LogP contribution is -2.21. The van der Waals surface area contributed by atoms with Gasteiger partial charge >= 0.3 is 0 Å². The predicted molar refractivity (Wildman–Crippen MR) is 100 cm³/mol. The molecular weight excluding hydrogens is 364 g/mol. The average Bonchev–Trinajstić information content (AvgIpc) is 3.18. The smallest absolute Gasteiger partial charge is 0.270 e. The maximum absolute atomic E-state index is 12.7. The second-order valence-electron chi connectivity index (χ2n) is 6.01. The highest BCUT2D eigenvalue weighted by Gasteiger charge is 2.13. The minimum absolute atomic E-state index is 0.129. The summed E-state index contributed by atoms with van der Waals surface area (Å²) in [6.45, 7) is 0.129. The van der Waals surface area contributed by atoms with Crippen LogP contribution < -0.4 is 10.3 Å². The van der Waals surface area contributed by atoms with E-state index in [2.05, 4.69) is 9.97 Å². The summed E-state index contributed by atoms with van der Waals surface area (Å²) in [4.78, 5) is 31.7. The lowest BCUT2D eigenvalue weighted by Gasteiger charge is -2.04. The third-order valence-electron chi connectivity index (χ3n) is 4.24. The molecule has 0 aliphatic carbocycles. The number of hydrogen-bond donors (Lipinski definition) is 0. The molecule has 2 heterocycles. The first kappa shape index (κ1) is 17.4. The van der Waals surface area contributed by atoms with Gasteiger partial charge < -0.3 is 9.15 Å². The van der Waals surface area contributed by atoms with E-state index in [4.69, 9.17) is 9.15 Å². The Morgan fingerprint density at radius 3 is 2.71 bits per heavy atom. The number of nitrogens with zero attached hydrogens (tertiary/aromatic N) is 4. The van der Waals surface area contributed by atoms with Crippen LogP contribution in [-0.4, -0.2) is 26.6 Å². The Hall–Kier alpha value is -4.01. The summed E-state index contributed by atoms with van der Waals surface area (Å²) < 4.78 is 12.0. The molecule has 2 aromatic carbocycles. The van der Waals surface area contributed by atoms with Crippen LogP contribution in [0.4, 0.5) is 5.69 Å². The highest BCUT2D eigenvalue weighted by molar-refractivity contribution is 5.79. The molecule has 0 saturated carbocycles. The third kappa shape index (κ3) is 3.20. The normalized spacial score (nSPS) is 10.9. The molecule has 0 aliphatic rings. The SMILES string of the molecule is COc1ccc(-c2nc(Cn3cnc4ccc([N+](=O)[O-])cc4c3=O)co2)cc1. The first-order valence-electron chi connectivity index (χ1n) is 8.27. The minimum Gasteiger partial charge on any atom is -0.497 e. The summed E-state index contributed by atoms with van der Waals surface area (Å²) in [6.07, 6.45) is 2.85. The van der Waals surface area contributed by atoms with Gasteiger partial charge in [-0.25, -0.2) is 9.97 Å². The number of benzene rings is 2. The van der Waals surface area contributed by atoms with Crippen LogP contribution >= 0.6 is 0 Å². The number of non-ortho nitro benzene ring substituents is 1. The number of ether oxygens (including phenoxy) is 1. The molecule has 0 unspecified atom stereocenters. The van der Waals surface area contributed by atoms with E-state index in [0.29, 0.717) is 17.1 Å². The van der Waals surface area contributed by atoms with Crippen LogP contribution in [0.15, 0.2) is 64.3 Å². The Bertz CT molecular complexity index is 1230. The van der Waals surface area contributed by atoms with Crippen LogP contribution in [0.5, 0.6) is 5.75 Å². The molecule has 0 bridgehead atoms. The van der Waals surface area contributed by atoms with Gasteiger partial charge in [0.25, 0.3) is 11.2 Å². The zero-order valence-electron chi connectivity index (χ0n) is 14.7. The monoisotopic (exact) mass is 378 g/mol. The van der Waals surface area contributed by atoms with Gasteiger partial charge in [0.2, 0.25) is 5.89 Å². The summed E-state index contributed by atoms with van der Waals surface area (Å²) >= 11 is 0. The van der Waals surface area contributed by atoms with Crippen molar-refractivity contribution < 1.29 is 14.1 Å². The lowest BCUT2D eigenvalue weighted by atomic mass is 10.2. The molecule has 2 aromatic heterocycles. The van der Waals surface area contributed by atoms with Gasteiger partial charge in [-0.2, -0.15) is 0 Å². The summed E-state index contributed by atoms with van der Waals surface area (Å²) in [5, 5.41) is 11.1. The Labute approximate surface area is 158 Å². The molecule has 0 amide bonds. The molecule has 4 aromatic rings. The second kappa shape index (κ2) is 6.95. The topological polar surface area (TPSA) is 113 Å². The molecule has 0 saturated heterocycles. The van der Waals surface area contributed by atoms with E-state index in [1.807, 2.05) is 12.1 Å². The molecule has 9 heteroatoms. The first-order valence-corrected chi connectivity index (χ1v) is 8.27. The molecule has 0 radical (unpaired) electrons. The van der Waals surface area contributed by atoms with E-state index in [1.165, 1.54) is 35.4 Å². The highest BCUT2D eigenvalue weighted by atomic mass is 16.6. The van der Waals surface area contributed by atoms with Gasteiger partial charge in [0, 0.05) is 17.7 Å². The van der Waals surface area contributed by atoms with Crippen molar-refractivity contribution in [3.63, 3.8) is 0 Å². The third-order valence-corrected chi connectivity index (χ3v) is 4.24. The maximum Gasteiger partial charge on any atom is 0.270 e. The number of nitro benzene ring substituents is 1. The number of nitro groups is 1. The molecule has 0 N–H and O–H groups in total. The quantitative estimate of drug-likeness (QED) is 0.387. The molecule has 0 atom stereocenters. The molecule has 140 valence electrons. The number of fused-ring (bicyclic) bond motifs is 1. The van der Waals surface area contributed by atoms with E-state index in [0.717, 1.165) is 11.3 Å². The Balaban J connectivity index is 1.64. The Kier molecular flexibility index (Phi) is 4.32. The van der Waals surface area contributed by atoms with Crippen molar-refractivity contribution >= 4 is 16.6 Å². The van der Waals surface area contributed by atoms with Crippen molar-refractivity contribution in [2.24, 2.45) is 0 Å². The van der Waals surface area contributed by atoms with E-state index < -0.39 is 4.92 Å². The predicted octanol–water partition coefficient (Wildman–Crippen LogP) is 3.02. The van der Waals surface area contributed by atoms with Crippen LogP contribution in [0.25, 0.3) is 22.4 Å². The van der Waals surface area contributed by atoms with Crippen molar-refractivity contribution in [3.8, 4) is 17.2 Å². The fraction of sp³-hybridized carbons (Fsp3) is 0.105. The van der Waals surface area contributed by atoms with E-state index in [9.17, 15) is 14.9 Å². The summed E-state index contributed by atoms with van der Waals surface area (Å²) in [7, 11) is 1.59. The van der Waals surface area contributed by atoms with Gasteiger partial charge in [-0.05, 0) is 30.3 Å². The van der Waals surface area contributed by atoms with Crippen LogP contribution in [0.1, 0.15) is 5.69 Å². The van der Waals surface area contributed by atoms with Gasteiger partial charge in [-0.15, -0.1) is 0 Å². The fourth-order valence-electron chi connectivity index (χ4n) is 2.79. The first-order chi connectivity index (χ1) is 13.5. The van der Waals surface area contributed by atoms with Crippen molar-refractivity contribution in [3.05, 3.63) is 81.2 Å². The molecule has 0 fully saturated rings. The number of hydrogen-bond acceptors (Lipinski definition) is 7. The number of methoxy groups -OCH3 is 1. The molecule has 0 aliphatic heterocycles. The summed E-state index contributed by atoms with van der Waals surface area (Å²) in [6, 6.07) is 11.2. The molecule has 9 nitrogen and oxygen atoms in total. The highest BCUT2D eigenvalue weighted by Crippen LogP contribution is 2.22. The zero-order valence-corrected chi connectivity index (χ0v) is 14.7. The molecule has 4 rings (SSSR count). The number of aromatic nitrogens is 3. The molecule has 28 heavy (non-hydrogen) atoms. The Morgan fingerprint density at radius 1 is 1.21 bits per heavy atom. The maximum atomic E-state index is 12.7. The van der Waals surface area contributed by atoms with Crippen LogP contribution in [0, 0.1) is 10.1 Å². The second-order valence-corrected chi connectivity index (χ2v) is 6.01. The van der Waals surface area contributed by atoms with E-state index in [1.54, 1.807) is 19.2 Å². The zero-order chi connectivity index (χ0) is 19.7. The lowest BCUT2D eigenvalue weighted by molar-refractivity contribution is -0.384. The van der Waals surface area contributed by atoms with Gasteiger partial charge in [0.05, 0.1) is 41.5 Å². The van der Waals surface area contributed by atoms with Crippen molar-refractivity contribution in [2.75, 3.05) is 7.11 Å². The van der Waals surface area contributed by atoms with Crippen LogP contribution in [0.2, 0.25) is 0 Å². The van der Waals surface area contributed by atoms with Crippen molar-refractivity contribution in [1.82, 2.24) is 14.5 Å². The average molecular weight is 378 g/mol. The van der Waals surface area contributed by atoms with E-state index in [-0.39, 0.29) is 23.2 Å². The van der Waals surface area contributed by atoms with Crippen molar-refractivity contribution in [1.29, 1.82) is 0 Å². The largest absolute Gasteiger partial charge is 0.497 e. The van der Waals surface area contributed by atoms with Gasteiger partial charge in [0.1, 0.15) is 12.0 Å². The number of rotatable bonds is 5. The standard InChI is InChI=1S/C19H14N4O5/c1-27-15-5-2-12(3-6-15)18-21-13(10-28-18)9-22-11-20-17-7-4-14(23(25)26)8-16(17)19(22)24/h2-8,10-11H,9H2,1H3. The fourth-order valence-corrected chi connectivity index (χ4v) is 2.79. The minimum atomic E-state index is -0.547. The molecular formula is C19H14N4O5. The Morgan fingerprint density at radius 2 is 2.00 bits per heavy atom. The van der Waals surface area contributed by atoms with Gasteiger partial charge in [-0.1, -0.05) is 0 Å². The summed E-state index contributed by atoms with van der Waals surface area (Å²) in [5.74, 6) is 1.13. The number of oxazole rings is 1. The van der Waals surface area contributed by atoms with E-state index >= 15 is 0 Å². The molecule has 0 spiro atoms. The van der Waals surface area contributed by atoms with Crippen LogP contribution in [-0.2, 0) is 6.54 Å². The van der Waals surface area contributed by atoms with Crippen LogP contribution in [0.3, 0.4) is 0 Å².